The summed E-state index contributed by atoms with van der Waals surface area (Å²) in [6.07, 6.45) is 1.88. The van der Waals surface area contributed by atoms with Gasteiger partial charge in [0.25, 0.3) is 0 Å². The van der Waals surface area contributed by atoms with Gasteiger partial charge < -0.3 is 10.4 Å². The molecule has 96 valence electrons. The second-order valence-electron chi connectivity index (χ2n) is 4.50. The zero-order valence-corrected chi connectivity index (χ0v) is 10.7. The fourth-order valence-corrected chi connectivity index (χ4v) is 1.80. The first-order valence-electron chi connectivity index (χ1n) is 6.24. The van der Waals surface area contributed by atoms with Gasteiger partial charge in [0.1, 0.15) is 5.82 Å². The van der Waals surface area contributed by atoms with E-state index in [2.05, 4.69) is 12.2 Å². The second kappa shape index (κ2) is 7.41. The normalized spacial score (nSPS) is 12.7. The predicted octanol–water partition coefficient (Wildman–Crippen LogP) is 2.63. The zero-order chi connectivity index (χ0) is 12.7. The van der Waals surface area contributed by atoms with Crippen LogP contribution in [0.1, 0.15) is 30.9 Å². The van der Waals surface area contributed by atoms with Gasteiger partial charge in [-0.15, -0.1) is 0 Å². The van der Waals surface area contributed by atoms with Gasteiger partial charge in [-0.2, -0.15) is 0 Å². The van der Waals surface area contributed by atoms with Crippen molar-refractivity contribution in [3.05, 3.63) is 35.1 Å². The Balaban J connectivity index is 2.37. The lowest BCUT2D eigenvalue weighted by Gasteiger charge is -2.14. The molecule has 0 aliphatic rings. The summed E-state index contributed by atoms with van der Waals surface area (Å²) in [4.78, 5) is 0. The van der Waals surface area contributed by atoms with Crippen molar-refractivity contribution in [2.75, 3.05) is 13.2 Å². The smallest absolute Gasteiger partial charge is 0.126 e. The number of hydrogen-bond acceptors (Lipinski definition) is 2. The van der Waals surface area contributed by atoms with Gasteiger partial charge in [0.2, 0.25) is 0 Å². The molecule has 0 saturated carbocycles. The summed E-state index contributed by atoms with van der Waals surface area (Å²) in [5.41, 5.74) is 1.65. The fourth-order valence-electron chi connectivity index (χ4n) is 1.80. The van der Waals surface area contributed by atoms with Crippen molar-refractivity contribution < 1.29 is 9.50 Å². The summed E-state index contributed by atoms with van der Waals surface area (Å²) in [6, 6.07) is 5.32. The van der Waals surface area contributed by atoms with Crippen LogP contribution in [0.5, 0.6) is 0 Å². The molecule has 0 aliphatic heterocycles. The van der Waals surface area contributed by atoms with E-state index in [4.69, 9.17) is 5.11 Å². The van der Waals surface area contributed by atoms with E-state index in [0.29, 0.717) is 18.0 Å². The molecule has 17 heavy (non-hydrogen) atoms. The lowest BCUT2D eigenvalue weighted by Crippen LogP contribution is -2.23. The minimum atomic E-state index is -0.147. The minimum absolute atomic E-state index is 0.147. The molecule has 1 atom stereocenters. The standard InChI is InChI=1S/C14H22FNO/c1-3-12(6-7-17)9-16-10-13-5-4-11(2)14(15)8-13/h4-5,8,12,16-17H,3,6-7,9-10H2,1-2H3. The summed E-state index contributed by atoms with van der Waals surface area (Å²) < 4.78 is 13.3. The van der Waals surface area contributed by atoms with E-state index in [-0.39, 0.29) is 12.4 Å². The van der Waals surface area contributed by atoms with Crippen molar-refractivity contribution in [2.24, 2.45) is 5.92 Å². The summed E-state index contributed by atoms with van der Waals surface area (Å²) in [5, 5.41) is 12.2. The number of hydrogen-bond donors (Lipinski definition) is 2. The molecule has 1 aromatic carbocycles. The van der Waals surface area contributed by atoms with Crippen LogP contribution in [0.4, 0.5) is 4.39 Å². The average molecular weight is 239 g/mol. The number of aliphatic hydroxyl groups is 1. The molecule has 0 saturated heterocycles. The molecule has 0 radical (unpaired) electrons. The highest BCUT2D eigenvalue weighted by atomic mass is 19.1. The Kier molecular flexibility index (Phi) is 6.16. The highest BCUT2D eigenvalue weighted by molar-refractivity contribution is 5.23. The van der Waals surface area contributed by atoms with Crippen LogP contribution >= 0.6 is 0 Å². The van der Waals surface area contributed by atoms with Crippen molar-refractivity contribution in [3.8, 4) is 0 Å². The lowest BCUT2D eigenvalue weighted by molar-refractivity contribution is 0.251. The highest BCUT2D eigenvalue weighted by Gasteiger charge is 2.05. The molecule has 0 fully saturated rings. The van der Waals surface area contributed by atoms with E-state index in [1.54, 1.807) is 19.1 Å². The van der Waals surface area contributed by atoms with Gasteiger partial charge in [0.05, 0.1) is 0 Å². The van der Waals surface area contributed by atoms with Crippen LogP contribution in [0, 0.1) is 18.7 Å². The Labute approximate surface area is 103 Å². The maximum Gasteiger partial charge on any atom is 0.126 e. The third kappa shape index (κ3) is 4.84. The van der Waals surface area contributed by atoms with Crippen LogP contribution in [0.3, 0.4) is 0 Å². The molecule has 0 bridgehead atoms. The molecule has 1 aromatic rings. The monoisotopic (exact) mass is 239 g/mol. The third-order valence-corrected chi connectivity index (χ3v) is 3.11. The third-order valence-electron chi connectivity index (χ3n) is 3.11. The topological polar surface area (TPSA) is 32.3 Å². The molecule has 0 heterocycles. The molecule has 3 heteroatoms. The number of halogens is 1. The first-order chi connectivity index (χ1) is 8.17. The average Bonchev–Trinajstić information content (AvgIpc) is 2.32. The summed E-state index contributed by atoms with van der Waals surface area (Å²) in [6.45, 7) is 5.67. The van der Waals surface area contributed by atoms with Gasteiger partial charge in [-0.3, -0.25) is 0 Å². The molecule has 2 nitrogen and oxygen atoms in total. The van der Waals surface area contributed by atoms with Gasteiger partial charge in [-0.05, 0) is 43.0 Å². The van der Waals surface area contributed by atoms with Crippen molar-refractivity contribution in [3.63, 3.8) is 0 Å². The van der Waals surface area contributed by atoms with Crippen LogP contribution in [-0.4, -0.2) is 18.3 Å². The second-order valence-corrected chi connectivity index (χ2v) is 4.50. The Bertz CT molecular complexity index is 341. The Morgan fingerprint density at radius 1 is 1.41 bits per heavy atom. The van der Waals surface area contributed by atoms with E-state index in [0.717, 1.165) is 24.9 Å². The van der Waals surface area contributed by atoms with E-state index in [9.17, 15) is 4.39 Å². The van der Waals surface area contributed by atoms with E-state index in [1.165, 1.54) is 0 Å². The van der Waals surface area contributed by atoms with Gasteiger partial charge in [-0.1, -0.05) is 25.5 Å². The number of aryl methyl sites for hydroxylation is 1. The Morgan fingerprint density at radius 3 is 2.76 bits per heavy atom. The number of aliphatic hydroxyl groups excluding tert-OH is 1. The van der Waals surface area contributed by atoms with Gasteiger partial charge in [-0.25, -0.2) is 4.39 Å². The number of rotatable bonds is 7. The van der Waals surface area contributed by atoms with Gasteiger partial charge in [0, 0.05) is 13.2 Å². The van der Waals surface area contributed by atoms with Crippen LogP contribution in [0.25, 0.3) is 0 Å². The molecule has 1 unspecified atom stereocenters. The molecule has 2 N–H and O–H groups in total. The van der Waals surface area contributed by atoms with Crippen LogP contribution < -0.4 is 5.32 Å². The Hall–Kier alpha value is -0.930. The highest BCUT2D eigenvalue weighted by Crippen LogP contribution is 2.10. The predicted molar refractivity (Wildman–Crippen MR) is 68.3 cm³/mol. The van der Waals surface area contributed by atoms with E-state index in [1.807, 2.05) is 6.07 Å². The molecule has 0 aliphatic carbocycles. The summed E-state index contributed by atoms with van der Waals surface area (Å²) in [5.74, 6) is 0.349. The maximum absolute atomic E-state index is 13.3. The molecule has 1 rings (SSSR count). The first kappa shape index (κ1) is 14.1. The van der Waals surface area contributed by atoms with Crippen LogP contribution in [0.2, 0.25) is 0 Å². The summed E-state index contributed by atoms with van der Waals surface area (Å²) >= 11 is 0. The lowest BCUT2D eigenvalue weighted by atomic mass is 10.0. The van der Waals surface area contributed by atoms with Gasteiger partial charge in [0.15, 0.2) is 0 Å². The fraction of sp³-hybridized carbons (Fsp3) is 0.571. The SMILES string of the molecule is CCC(CCO)CNCc1ccc(C)c(F)c1. The van der Waals surface area contributed by atoms with Crippen molar-refractivity contribution >= 4 is 0 Å². The quantitative estimate of drug-likeness (QED) is 0.766. The largest absolute Gasteiger partial charge is 0.396 e. The van der Waals surface area contributed by atoms with Crippen molar-refractivity contribution in [1.82, 2.24) is 5.32 Å². The van der Waals surface area contributed by atoms with Crippen LogP contribution in [-0.2, 0) is 6.54 Å². The van der Waals surface area contributed by atoms with E-state index < -0.39 is 0 Å². The number of nitrogens with one attached hydrogen (secondary N) is 1. The molecule has 0 amide bonds. The van der Waals surface area contributed by atoms with Crippen molar-refractivity contribution in [2.45, 2.75) is 33.2 Å². The van der Waals surface area contributed by atoms with E-state index >= 15 is 0 Å². The number of benzene rings is 1. The summed E-state index contributed by atoms with van der Waals surface area (Å²) in [7, 11) is 0. The Morgan fingerprint density at radius 2 is 2.18 bits per heavy atom. The molecule has 0 aromatic heterocycles. The van der Waals surface area contributed by atoms with Gasteiger partial charge >= 0.3 is 0 Å². The maximum atomic E-state index is 13.3. The zero-order valence-electron chi connectivity index (χ0n) is 10.7. The van der Waals surface area contributed by atoms with Crippen molar-refractivity contribution in [1.29, 1.82) is 0 Å². The minimum Gasteiger partial charge on any atom is -0.396 e. The van der Waals surface area contributed by atoms with Crippen LogP contribution in [0.15, 0.2) is 18.2 Å². The molecular formula is C14H22FNO. The molecular weight excluding hydrogens is 217 g/mol. The molecule has 0 spiro atoms. The first-order valence-corrected chi connectivity index (χ1v) is 6.24.